The Morgan fingerprint density at radius 1 is 1.17 bits per heavy atom. The standard InChI is InChI=1S/C19H16BrN3O/c20-17-6-7-18-15(10-17)8-9-23(18)19(24)16-11-21-22(13-16)12-14-4-2-1-3-5-14/h1-7,10-11,13H,8-9,12H2. The highest BCUT2D eigenvalue weighted by molar-refractivity contribution is 9.10. The second kappa shape index (κ2) is 6.24. The van der Waals surface area contributed by atoms with E-state index in [4.69, 9.17) is 0 Å². The highest BCUT2D eigenvalue weighted by atomic mass is 79.9. The molecule has 0 atom stereocenters. The zero-order valence-electron chi connectivity index (χ0n) is 13.0. The number of fused-ring (bicyclic) bond motifs is 1. The number of aromatic nitrogens is 2. The van der Waals surface area contributed by atoms with Crippen molar-refractivity contribution in [3.8, 4) is 0 Å². The summed E-state index contributed by atoms with van der Waals surface area (Å²) >= 11 is 3.48. The molecule has 4 nitrogen and oxygen atoms in total. The topological polar surface area (TPSA) is 38.1 Å². The largest absolute Gasteiger partial charge is 0.308 e. The molecule has 120 valence electrons. The van der Waals surface area contributed by atoms with Gasteiger partial charge in [0, 0.05) is 22.9 Å². The number of benzene rings is 2. The summed E-state index contributed by atoms with van der Waals surface area (Å²) in [4.78, 5) is 14.7. The van der Waals surface area contributed by atoms with E-state index in [0.717, 1.165) is 22.1 Å². The lowest BCUT2D eigenvalue weighted by Gasteiger charge is -2.16. The lowest BCUT2D eigenvalue weighted by molar-refractivity contribution is 0.0989. The Bertz CT molecular complexity index is 889. The number of carbonyl (C=O) groups excluding carboxylic acids is 1. The van der Waals surface area contributed by atoms with Crippen LogP contribution in [0.4, 0.5) is 5.69 Å². The number of hydrogen-bond donors (Lipinski definition) is 0. The van der Waals surface area contributed by atoms with Gasteiger partial charge < -0.3 is 4.90 Å². The smallest absolute Gasteiger partial charge is 0.261 e. The van der Waals surface area contributed by atoms with E-state index < -0.39 is 0 Å². The summed E-state index contributed by atoms with van der Waals surface area (Å²) < 4.78 is 2.85. The fraction of sp³-hybridized carbons (Fsp3) is 0.158. The van der Waals surface area contributed by atoms with E-state index in [1.807, 2.05) is 41.4 Å². The Morgan fingerprint density at radius 3 is 2.83 bits per heavy atom. The maximum atomic E-state index is 12.8. The highest BCUT2D eigenvalue weighted by Crippen LogP contribution is 2.31. The van der Waals surface area contributed by atoms with E-state index in [0.29, 0.717) is 18.7 Å². The van der Waals surface area contributed by atoms with E-state index in [2.05, 4.69) is 39.2 Å². The molecule has 5 heteroatoms. The minimum absolute atomic E-state index is 0.00961. The molecule has 0 aliphatic carbocycles. The van der Waals surface area contributed by atoms with Gasteiger partial charge in [-0.2, -0.15) is 5.10 Å². The lowest BCUT2D eigenvalue weighted by Crippen LogP contribution is -2.28. The molecule has 1 aliphatic heterocycles. The highest BCUT2D eigenvalue weighted by Gasteiger charge is 2.26. The van der Waals surface area contributed by atoms with E-state index in [1.54, 1.807) is 10.9 Å². The van der Waals surface area contributed by atoms with Crippen LogP contribution in [0.3, 0.4) is 0 Å². The van der Waals surface area contributed by atoms with E-state index in [-0.39, 0.29) is 5.91 Å². The monoisotopic (exact) mass is 381 g/mol. The quantitative estimate of drug-likeness (QED) is 0.689. The van der Waals surface area contributed by atoms with Gasteiger partial charge in [0.25, 0.3) is 5.91 Å². The van der Waals surface area contributed by atoms with Gasteiger partial charge in [0.2, 0.25) is 0 Å². The van der Waals surface area contributed by atoms with Gasteiger partial charge in [0.15, 0.2) is 0 Å². The molecule has 1 aromatic heterocycles. The molecule has 2 aromatic carbocycles. The summed E-state index contributed by atoms with van der Waals surface area (Å²) in [6, 6.07) is 16.2. The average molecular weight is 382 g/mol. The van der Waals surface area contributed by atoms with Crippen molar-refractivity contribution in [3.63, 3.8) is 0 Å². The number of rotatable bonds is 3. The van der Waals surface area contributed by atoms with Crippen LogP contribution < -0.4 is 4.90 Å². The molecule has 0 N–H and O–H groups in total. The minimum Gasteiger partial charge on any atom is -0.308 e. The zero-order valence-corrected chi connectivity index (χ0v) is 14.6. The van der Waals surface area contributed by atoms with Crippen molar-refractivity contribution in [2.24, 2.45) is 0 Å². The van der Waals surface area contributed by atoms with Crippen LogP contribution in [0, 0.1) is 0 Å². The molecule has 0 bridgehead atoms. The fourth-order valence-corrected chi connectivity index (χ4v) is 3.48. The predicted octanol–water partition coefficient (Wildman–Crippen LogP) is 3.90. The van der Waals surface area contributed by atoms with Gasteiger partial charge >= 0.3 is 0 Å². The maximum Gasteiger partial charge on any atom is 0.261 e. The summed E-state index contributed by atoms with van der Waals surface area (Å²) in [5.41, 5.74) is 3.99. The number of hydrogen-bond acceptors (Lipinski definition) is 2. The van der Waals surface area contributed by atoms with Crippen LogP contribution in [-0.2, 0) is 13.0 Å². The molecule has 1 aliphatic rings. The van der Waals surface area contributed by atoms with Crippen LogP contribution in [0.25, 0.3) is 0 Å². The molecular weight excluding hydrogens is 366 g/mol. The third-order valence-electron chi connectivity index (χ3n) is 4.25. The molecule has 0 spiro atoms. The summed E-state index contributed by atoms with van der Waals surface area (Å²) in [6.45, 7) is 1.38. The van der Waals surface area contributed by atoms with Crippen molar-refractivity contribution in [2.45, 2.75) is 13.0 Å². The molecule has 24 heavy (non-hydrogen) atoms. The number of halogens is 1. The van der Waals surface area contributed by atoms with Crippen molar-refractivity contribution < 1.29 is 4.79 Å². The minimum atomic E-state index is 0.00961. The number of anilines is 1. The Balaban J connectivity index is 1.54. The first-order chi connectivity index (χ1) is 11.7. The third kappa shape index (κ3) is 2.87. The number of amides is 1. The van der Waals surface area contributed by atoms with Crippen molar-refractivity contribution in [1.29, 1.82) is 0 Å². The number of nitrogens with zero attached hydrogens (tertiary/aromatic N) is 3. The van der Waals surface area contributed by atoms with Gasteiger partial charge in [0.1, 0.15) is 0 Å². The van der Waals surface area contributed by atoms with Gasteiger partial charge in [0.05, 0.1) is 18.3 Å². The molecule has 0 radical (unpaired) electrons. The first-order valence-corrected chi connectivity index (χ1v) is 8.67. The second-order valence-corrected chi connectivity index (χ2v) is 6.81. The average Bonchev–Trinajstić information content (AvgIpc) is 3.22. The summed E-state index contributed by atoms with van der Waals surface area (Å²) in [7, 11) is 0. The molecule has 3 aromatic rings. The van der Waals surface area contributed by atoms with Crippen molar-refractivity contribution in [2.75, 3.05) is 11.4 Å². The second-order valence-electron chi connectivity index (χ2n) is 5.89. The third-order valence-corrected chi connectivity index (χ3v) is 4.74. The van der Waals surface area contributed by atoms with Crippen molar-refractivity contribution >= 4 is 27.5 Å². The van der Waals surface area contributed by atoms with Crippen LogP contribution in [0.1, 0.15) is 21.5 Å². The van der Waals surface area contributed by atoms with Crippen molar-refractivity contribution in [1.82, 2.24) is 9.78 Å². The molecule has 0 fully saturated rings. The zero-order chi connectivity index (χ0) is 16.5. The van der Waals surface area contributed by atoms with Gasteiger partial charge in [-0.1, -0.05) is 46.3 Å². The normalized spacial score (nSPS) is 13.1. The first kappa shape index (κ1) is 15.1. The van der Waals surface area contributed by atoms with Gasteiger partial charge in [-0.3, -0.25) is 9.48 Å². The Labute approximate surface area is 148 Å². The summed E-state index contributed by atoms with van der Waals surface area (Å²) in [5.74, 6) is 0.00961. The molecule has 0 unspecified atom stereocenters. The molecular formula is C19H16BrN3O. The van der Waals surface area contributed by atoms with Crippen LogP contribution in [0.15, 0.2) is 65.4 Å². The Morgan fingerprint density at radius 2 is 2.00 bits per heavy atom. The predicted molar refractivity (Wildman–Crippen MR) is 97.3 cm³/mol. The first-order valence-electron chi connectivity index (χ1n) is 7.87. The SMILES string of the molecule is O=C(c1cnn(Cc2ccccc2)c1)N1CCc2cc(Br)ccc21. The molecule has 1 amide bonds. The van der Waals surface area contributed by atoms with Crippen LogP contribution >= 0.6 is 15.9 Å². The van der Waals surface area contributed by atoms with E-state index in [1.165, 1.54) is 5.56 Å². The number of carbonyl (C=O) groups is 1. The van der Waals surface area contributed by atoms with E-state index >= 15 is 0 Å². The molecule has 2 heterocycles. The molecule has 0 saturated heterocycles. The summed E-state index contributed by atoms with van der Waals surface area (Å²) in [6.07, 6.45) is 4.37. The van der Waals surface area contributed by atoms with Gasteiger partial charge in [-0.05, 0) is 35.7 Å². The summed E-state index contributed by atoms with van der Waals surface area (Å²) in [5, 5.41) is 4.34. The fourth-order valence-electron chi connectivity index (χ4n) is 3.07. The van der Waals surface area contributed by atoms with E-state index in [9.17, 15) is 4.79 Å². The Kier molecular flexibility index (Phi) is 3.94. The van der Waals surface area contributed by atoms with Gasteiger partial charge in [-0.25, -0.2) is 0 Å². The van der Waals surface area contributed by atoms with Crippen molar-refractivity contribution in [3.05, 3.63) is 82.1 Å². The van der Waals surface area contributed by atoms with Gasteiger partial charge in [-0.15, -0.1) is 0 Å². The lowest BCUT2D eigenvalue weighted by atomic mass is 10.2. The Hall–Kier alpha value is -2.40. The van der Waals surface area contributed by atoms with Crippen LogP contribution in [-0.4, -0.2) is 22.2 Å². The molecule has 4 rings (SSSR count). The van der Waals surface area contributed by atoms with Crippen LogP contribution in [0.5, 0.6) is 0 Å². The van der Waals surface area contributed by atoms with Crippen LogP contribution in [0.2, 0.25) is 0 Å². The molecule has 0 saturated carbocycles. The maximum absolute atomic E-state index is 12.8.